The first-order valence-corrected chi connectivity index (χ1v) is 23.2. The Morgan fingerprint density at radius 2 is 1.93 bits per heavy atom. The van der Waals surface area contributed by atoms with E-state index in [2.05, 4.69) is 84.2 Å². The van der Waals surface area contributed by atoms with E-state index in [9.17, 15) is 9.00 Å². The Hall–Kier alpha value is -2.56. The van der Waals surface area contributed by atoms with E-state index in [0.29, 0.717) is 42.7 Å². The Morgan fingerprint density at radius 3 is 2.65 bits per heavy atom. The molecule has 8 nitrogen and oxygen atoms in total. The molecule has 1 unspecified atom stereocenters. The van der Waals surface area contributed by atoms with Crippen LogP contribution in [0.3, 0.4) is 0 Å². The summed E-state index contributed by atoms with van der Waals surface area (Å²) in [5, 5.41) is 0.440. The number of aryl methyl sites for hydroxylation is 1. The summed E-state index contributed by atoms with van der Waals surface area (Å²) in [4.78, 5) is 21.7. The summed E-state index contributed by atoms with van der Waals surface area (Å²) >= 11 is 6.55. The number of ether oxygens (including phenoxy) is 2. The van der Waals surface area contributed by atoms with Gasteiger partial charge in [0.25, 0.3) is 5.91 Å². The van der Waals surface area contributed by atoms with E-state index >= 15 is 0 Å². The molecule has 1 saturated heterocycles. The van der Waals surface area contributed by atoms with Gasteiger partial charge >= 0.3 is 0 Å². The maximum atomic E-state index is 14.2. The van der Waals surface area contributed by atoms with Crippen molar-refractivity contribution in [1.82, 2.24) is 14.5 Å². The molecule has 2 aromatic carbocycles. The molecule has 1 spiro atoms. The number of hydrogen-bond acceptors (Lipinski definition) is 7. The average Bonchev–Trinajstić information content (AvgIpc) is 3.28. The summed E-state index contributed by atoms with van der Waals surface area (Å²) in [5.74, 6) is 5.27. The van der Waals surface area contributed by atoms with Crippen molar-refractivity contribution in [3.63, 3.8) is 0 Å². The maximum Gasteiger partial charge on any atom is 0.262 e. The summed E-state index contributed by atoms with van der Waals surface area (Å²) in [6.07, 6.45) is 11.7. The minimum atomic E-state index is -2.96. The van der Waals surface area contributed by atoms with Gasteiger partial charge in [0.2, 0.25) is 0 Å². The van der Waals surface area contributed by atoms with Crippen LogP contribution in [0.15, 0.2) is 48.6 Å². The van der Waals surface area contributed by atoms with Gasteiger partial charge in [0.1, 0.15) is 11.4 Å². The molecule has 3 heterocycles. The predicted molar refractivity (Wildman–Crippen MR) is 228 cm³/mol. The third-order valence-corrected chi connectivity index (χ3v) is 16.3. The highest BCUT2D eigenvalue weighted by Crippen LogP contribution is 2.49. The lowest BCUT2D eigenvalue weighted by Gasteiger charge is -2.53. The van der Waals surface area contributed by atoms with Crippen LogP contribution in [0, 0.1) is 17.8 Å². The lowest BCUT2D eigenvalue weighted by molar-refractivity contribution is -0.118. The molecular formula is C45H65ClN4O4S. The van der Waals surface area contributed by atoms with Crippen molar-refractivity contribution >= 4 is 38.8 Å². The van der Waals surface area contributed by atoms with Crippen molar-refractivity contribution in [3.8, 4) is 5.75 Å². The van der Waals surface area contributed by atoms with Gasteiger partial charge in [-0.25, -0.2) is 4.21 Å². The number of nitrogens with one attached hydrogen (secondary N) is 1. The van der Waals surface area contributed by atoms with Gasteiger partial charge < -0.3 is 14.4 Å². The molecule has 5 aliphatic rings. The summed E-state index contributed by atoms with van der Waals surface area (Å²) in [6.45, 7) is 20.1. The van der Waals surface area contributed by atoms with Gasteiger partial charge in [-0.05, 0) is 138 Å². The van der Waals surface area contributed by atoms with Crippen LogP contribution < -0.4 is 14.4 Å². The molecule has 1 saturated carbocycles. The molecule has 2 fully saturated rings. The number of benzene rings is 2. The number of carbonyl (C=O) groups excluding carboxylic acids is 1. The fraction of sp³-hybridized carbons (Fsp3) is 0.644. The zero-order valence-electron chi connectivity index (χ0n) is 34.2. The minimum Gasteiger partial charge on any atom is -0.490 e. The average molecular weight is 794 g/mol. The number of amides is 1. The Morgan fingerprint density at radius 1 is 1.11 bits per heavy atom. The molecule has 10 heteroatoms. The largest absolute Gasteiger partial charge is 0.490 e. The van der Waals surface area contributed by atoms with Crippen molar-refractivity contribution in [2.45, 2.75) is 115 Å². The Bertz CT molecular complexity index is 1850. The van der Waals surface area contributed by atoms with Crippen molar-refractivity contribution in [3.05, 3.63) is 70.3 Å². The fourth-order valence-corrected chi connectivity index (χ4v) is 12.1. The van der Waals surface area contributed by atoms with Gasteiger partial charge in [-0.15, -0.1) is 0 Å². The molecule has 2 aromatic rings. The number of nitrogens with zero attached hydrogens (tertiary/aromatic N) is 3. The Balaban J connectivity index is 1.31. The molecule has 8 atom stereocenters. The summed E-state index contributed by atoms with van der Waals surface area (Å²) in [5.41, 5.74) is 3.34. The van der Waals surface area contributed by atoms with E-state index in [1.807, 2.05) is 31.2 Å². The number of allylic oxidation sites excluding steroid dienone is 1. The summed E-state index contributed by atoms with van der Waals surface area (Å²) < 4.78 is 31.0. The van der Waals surface area contributed by atoms with Crippen LogP contribution in [0.2, 0.25) is 5.02 Å². The first-order chi connectivity index (χ1) is 26.2. The van der Waals surface area contributed by atoms with Gasteiger partial charge in [-0.3, -0.25) is 19.3 Å². The van der Waals surface area contributed by atoms with Gasteiger partial charge in [0, 0.05) is 79.2 Å². The molecule has 2 aliphatic carbocycles. The molecule has 7 rings (SSSR count). The molecule has 0 radical (unpaired) electrons. The number of hydrogen-bond donors (Lipinski definition) is 1. The van der Waals surface area contributed by atoms with Gasteiger partial charge in [-0.1, -0.05) is 43.7 Å². The first kappa shape index (κ1) is 40.6. The van der Waals surface area contributed by atoms with E-state index < -0.39 is 15.3 Å². The molecule has 1 amide bonds. The number of halogens is 1. The van der Waals surface area contributed by atoms with Crippen LogP contribution in [0.1, 0.15) is 102 Å². The van der Waals surface area contributed by atoms with Crippen LogP contribution in [-0.2, 0) is 26.3 Å². The molecular weight excluding hydrogens is 728 g/mol. The standard InChI is InChI=1S/C45H65ClN4O4S/c1-8-23-54-45(29-48-21-22-50(31(2)3)33(5)26-48)20-9-11-32(4)34(6)55(7,52)47-43(51)36-14-18-42-41(25-36)49(27-37-13-16-40(37)45)28-44(30-53-42)19-10-12-35-24-38(46)15-17-39(35)44/h9,14-15,17-18,20,24-25,31-34,37,40H,7-8,10-13,16,19,21-23,26-30H2,1-6H3,(H,47,51,52)/b20-9+/t32-,33+,34+,37-,40+,44-,45-,55?/m0/s1. The number of carbonyl (C=O) groups is 1. The number of piperazine rings is 1. The van der Waals surface area contributed by atoms with E-state index in [1.54, 1.807) is 0 Å². The van der Waals surface area contributed by atoms with Crippen LogP contribution in [-0.4, -0.2) is 101 Å². The SMILES string of the molecule is C=S1(=O)NC(=O)c2ccc3c(c2)N(C[C@@H]2CC[C@H]2[C@](CN2CCN(C(C)C)[C@H](C)C2)(OCCC)/C=C/C[C@H](C)[C@H]1C)C[C@@]1(CCCc2cc(Cl)ccc21)CO3. The van der Waals surface area contributed by atoms with Gasteiger partial charge in [0.15, 0.2) is 0 Å². The van der Waals surface area contributed by atoms with Crippen LogP contribution in [0.25, 0.3) is 0 Å². The lowest BCUT2D eigenvalue weighted by atomic mass is 9.63. The number of fused-ring (bicyclic) bond motifs is 4. The molecule has 302 valence electrons. The van der Waals surface area contributed by atoms with Crippen LogP contribution in [0.5, 0.6) is 5.75 Å². The van der Waals surface area contributed by atoms with Crippen molar-refractivity contribution in [2.24, 2.45) is 17.8 Å². The Labute approximate surface area is 336 Å². The van der Waals surface area contributed by atoms with E-state index in [-0.39, 0.29) is 22.5 Å². The van der Waals surface area contributed by atoms with Gasteiger partial charge in [-0.2, -0.15) is 0 Å². The molecule has 2 bridgehead atoms. The highest BCUT2D eigenvalue weighted by Gasteiger charge is 2.50. The zero-order chi connectivity index (χ0) is 39.1. The van der Waals surface area contributed by atoms with Crippen molar-refractivity contribution < 1.29 is 18.5 Å². The van der Waals surface area contributed by atoms with Crippen LogP contribution >= 0.6 is 11.6 Å². The molecule has 3 aliphatic heterocycles. The van der Waals surface area contributed by atoms with Crippen molar-refractivity contribution in [2.75, 3.05) is 57.4 Å². The highest BCUT2D eigenvalue weighted by atomic mass is 35.5. The predicted octanol–water partition coefficient (Wildman–Crippen LogP) is 7.76. The fourth-order valence-electron chi connectivity index (χ4n) is 10.4. The van der Waals surface area contributed by atoms with E-state index in [4.69, 9.17) is 21.1 Å². The second-order valence-corrected chi connectivity index (χ2v) is 20.8. The third kappa shape index (κ3) is 8.25. The van der Waals surface area contributed by atoms with E-state index in [1.165, 1.54) is 11.1 Å². The van der Waals surface area contributed by atoms with E-state index in [0.717, 1.165) is 101 Å². The third-order valence-electron chi connectivity index (χ3n) is 13.8. The second kappa shape index (κ2) is 16.4. The molecule has 1 N–H and O–H groups in total. The highest BCUT2D eigenvalue weighted by molar-refractivity contribution is 7.99. The smallest absolute Gasteiger partial charge is 0.262 e. The molecule has 55 heavy (non-hydrogen) atoms. The second-order valence-electron chi connectivity index (χ2n) is 17.9. The topological polar surface area (TPSA) is 74.4 Å². The summed E-state index contributed by atoms with van der Waals surface area (Å²) in [7, 11) is -2.96. The zero-order valence-corrected chi connectivity index (χ0v) is 35.7. The first-order valence-electron chi connectivity index (χ1n) is 21.0. The molecule has 0 aromatic heterocycles. The lowest BCUT2D eigenvalue weighted by Crippen LogP contribution is -2.61. The monoisotopic (exact) mass is 792 g/mol. The Kier molecular flexibility index (Phi) is 12.1. The van der Waals surface area contributed by atoms with Crippen LogP contribution in [0.4, 0.5) is 5.69 Å². The minimum absolute atomic E-state index is 0.0329. The van der Waals surface area contributed by atoms with Crippen molar-refractivity contribution in [1.29, 1.82) is 0 Å². The van der Waals surface area contributed by atoms with Gasteiger partial charge in [0.05, 0.1) is 22.0 Å². The number of anilines is 1. The normalized spacial score (nSPS) is 35.2. The quantitative estimate of drug-likeness (QED) is 0.237. The maximum absolute atomic E-state index is 14.2. The number of rotatable bonds is 6. The summed E-state index contributed by atoms with van der Waals surface area (Å²) in [6, 6.07) is 13.1.